The van der Waals surface area contributed by atoms with Crippen molar-refractivity contribution in [2.24, 2.45) is 0 Å². The summed E-state index contributed by atoms with van der Waals surface area (Å²) in [5.41, 5.74) is -0.115. The van der Waals surface area contributed by atoms with Crippen LogP contribution in [0.4, 0.5) is 0 Å². The number of rotatable bonds is 1. The van der Waals surface area contributed by atoms with E-state index in [1.165, 1.54) is 4.57 Å². The molecule has 0 aliphatic rings. The van der Waals surface area contributed by atoms with E-state index in [4.69, 9.17) is 6.42 Å². The summed E-state index contributed by atoms with van der Waals surface area (Å²) < 4.78 is 2.78. The SMILES string of the molecule is C#CCn1cc(Br)cc(Br)c1=O. The first-order valence-electron chi connectivity index (χ1n) is 3.14. The van der Waals surface area contributed by atoms with Gasteiger partial charge in [0, 0.05) is 10.7 Å². The molecular formula is C8H5Br2NO. The summed E-state index contributed by atoms with van der Waals surface area (Å²) >= 11 is 6.39. The van der Waals surface area contributed by atoms with Crippen LogP contribution in [-0.4, -0.2) is 4.57 Å². The Balaban J connectivity index is 3.30. The third kappa shape index (κ3) is 1.99. The average Bonchev–Trinajstić information content (AvgIpc) is 2.00. The van der Waals surface area contributed by atoms with Crippen LogP contribution >= 0.6 is 31.9 Å². The molecule has 0 saturated carbocycles. The minimum Gasteiger partial charge on any atom is -0.302 e. The molecule has 0 atom stereocenters. The van der Waals surface area contributed by atoms with Gasteiger partial charge in [-0.15, -0.1) is 6.42 Å². The largest absolute Gasteiger partial charge is 0.302 e. The second-order valence-electron chi connectivity index (χ2n) is 2.14. The number of halogens is 2. The molecule has 0 spiro atoms. The van der Waals surface area contributed by atoms with E-state index in [9.17, 15) is 4.79 Å². The molecule has 0 N–H and O–H groups in total. The highest BCUT2D eigenvalue weighted by molar-refractivity contribution is 9.11. The summed E-state index contributed by atoms with van der Waals surface area (Å²) in [6, 6.07) is 1.69. The molecule has 0 saturated heterocycles. The van der Waals surface area contributed by atoms with Crippen molar-refractivity contribution < 1.29 is 0 Å². The Hall–Kier alpha value is -0.530. The van der Waals surface area contributed by atoms with E-state index in [-0.39, 0.29) is 12.1 Å². The minimum atomic E-state index is -0.115. The van der Waals surface area contributed by atoms with Gasteiger partial charge < -0.3 is 4.57 Å². The van der Waals surface area contributed by atoms with E-state index in [0.717, 1.165) is 4.47 Å². The van der Waals surface area contributed by atoms with Gasteiger partial charge in [-0.25, -0.2) is 0 Å². The topological polar surface area (TPSA) is 22.0 Å². The Morgan fingerprint density at radius 1 is 1.58 bits per heavy atom. The van der Waals surface area contributed by atoms with Gasteiger partial charge in [0.2, 0.25) is 0 Å². The molecule has 0 aromatic carbocycles. The maximum atomic E-state index is 11.3. The van der Waals surface area contributed by atoms with Crippen LogP contribution in [0.3, 0.4) is 0 Å². The second kappa shape index (κ2) is 3.92. The number of pyridine rings is 1. The molecule has 2 nitrogen and oxygen atoms in total. The summed E-state index contributed by atoms with van der Waals surface area (Å²) in [6.45, 7) is 0.289. The molecule has 1 heterocycles. The van der Waals surface area contributed by atoms with Crippen molar-refractivity contribution >= 4 is 31.9 Å². The first-order valence-corrected chi connectivity index (χ1v) is 4.72. The predicted molar refractivity (Wildman–Crippen MR) is 54.9 cm³/mol. The first kappa shape index (κ1) is 9.56. The fraction of sp³-hybridized carbons (Fsp3) is 0.125. The molecular weight excluding hydrogens is 286 g/mol. The molecule has 4 heteroatoms. The van der Waals surface area contributed by atoms with Gasteiger partial charge in [-0.2, -0.15) is 0 Å². The van der Waals surface area contributed by atoms with Gasteiger partial charge in [0.25, 0.3) is 5.56 Å². The van der Waals surface area contributed by atoms with Crippen molar-refractivity contribution in [2.45, 2.75) is 6.54 Å². The molecule has 1 rings (SSSR count). The summed E-state index contributed by atoms with van der Waals surface area (Å²) in [4.78, 5) is 11.3. The van der Waals surface area contributed by atoms with Crippen molar-refractivity contribution in [3.05, 3.63) is 31.6 Å². The quantitative estimate of drug-likeness (QED) is 0.725. The molecule has 0 aliphatic carbocycles. The summed E-state index contributed by atoms with van der Waals surface area (Å²) in [6.07, 6.45) is 6.75. The fourth-order valence-corrected chi connectivity index (χ4v) is 2.04. The van der Waals surface area contributed by atoms with Crippen LogP contribution in [0.2, 0.25) is 0 Å². The zero-order chi connectivity index (χ0) is 9.14. The van der Waals surface area contributed by atoms with E-state index < -0.39 is 0 Å². The average molecular weight is 291 g/mol. The van der Waals surface area contributed by atoms with Crippen molar-refractivity contribution in [1.29, 1.82) is 0 Å². The molecule has 0 aliphatic heterocycles. The monoisotopic (exact) mass is 289 g/mol. The number of nitrogens with zero attached hydrogens (tertiary/aromatic N) is 1. The molecule has 0 unspecified atom stereocenters. The van der Waals surface area contributed by atoms with Gasteiger partial charge in [-0.1, -0.05) is 5.92 Å². The lowest BCUT2D eigenvalue weighted by Crippen LogP contribution is -2.19. The smallest absolute Gasteiger partial charge is 0.265 e. The molecule has 0 fully saturated rings. The lowest BCUT2D eigenvalue weighted by Gasteiger charge is -2.01. The summed E-state index contributed by atoms with van der Waals surface area (Å²) in [5.74, 6) is 2.40. The lowest BCUT2D eigenvalue weighted by molar-refractivity contribution is 0.787. The van der Waals surface area contributed by atoms with Crippen molar-refractivity contribution in [1.82, 2.24) is 4.57 Å². The van der Waals surface area contributed by atoms with Gasteiger partial charge in [-0.05, 0) is 37.9 Å². The van der Waals surface area contributed by atoms with Gasteiger partial charge >= 0.3 is 0 Å². The molecule has 1 aromatic rings. The molecule has 0 radical (unpaired) electrons. The number of terminal acetylenes is 1. The van der Waals surface area contributed by atoms with Gasteiger partial charge in [-0.3, -0.25) is 4.79 Å². The Kier molecular flexibility index (Phi) is 3.12. The lowest BCUT2D eigenvalue weighted by atomic mass is 10.4. The Morgan fingerprint density at radius 2 is 2.25 bits per heavy atom. The third-order valence-corrected chi connectivity index (χ3v) is 2.27. The van der Waals surface area contributed by atoms with Crippen LogP contribution < -0.4 is 5.56 Å². The molecule has 12 heavy (non-hydrogen) atoms. The van der Waals surface area contributed by atoms with Gasteiger partial charge in [0.15, 0.2) is 0 Å². The van der Waals surface area contributed by atoms with E-state index in [2.05, 4.69) is 37.8 Å². The third-order valence-electron chi connectivity index (χ3n) is 1.27. The Morgan fingerprint density at radius 3 is 2.83 bits per heavy atom. The summed E-state index contributed by atoms with van der Waals surface area (Å²) in [5, 5.41) is 0. The van der Waals surface area contributed by atoms with Gasteiger partial charge in [0.1, 0.15) is 0 Å². The second-order valence-corrected chi connectivity index (χ2v) is 3.91. The zero-order valence-electron chi connectivity index (χ0n) is 6.05. The highest BCUT2D eigenvalue weighted by Crippen LogP contribution is 2.12. The predicted octanol–water partition coefficient (Wildman–Crippen LogP) is 2.01. The number of hydrogen-bond donors (Lipinski definition) is 0. The molecule has 0 amide bonds. The van der Waals surface area contributed by atoms with E-state index in [0.29, 0.717) is 4.47 Å². The van der Waals surface area contributed by atoms with Crippen LogP contribution in [-0.2, 0) is 6.54 Å². The molecule has 0 bridgehead atoms. The summed E-state index contributed by atoms with van der Waals surface area (Å²) in [7, 11) is 0. The first-order chi connectivity index (χ1) is 5.65. The molecule has 1 aromatic heterocycles. The standard InChI is InChI=1S/C8H5Br2NO/c1-2-3-11-5-6(9)4-7(10)8(11)12/h1,4-5H,3H2. The van der Waals surface area contributed by atoms with E-state index in [1.807, 2.05) is 0 Å². The Bertz CT molecular complexity index is 389. The zero-order valence-corrected chi connectivity index (χ0v) is 9.22. The van der Waals surface area contributed by atoms with E-state index in [1.54, 1.807) is 12.3 Å². The van der Waals surface area contributed by atoms with Gasteiger partial charge in [0.05, 0.1) is 11.0 Å². The van der Waals surface area contributed by atoms with Crippen molar-refractivity contribution in [2.75, 3.05) is 0 Å². The van der Waals surface area contributed by atoms with Crippen LogP contribution in [0, 0.1) is 12.3 Å². The fourth-order valence-electron chi connectivity index (χ4n) is 0.781. The van der Waals surface area contributed by atoms with Crippen LogP contribution in [0.1, 0.15) is 0 Å². The number of hydrogen-bond acceptors (Lipinski definition) is 1. The van der Waals surface area contributed by atoms with Crippen LogP contribution in [0.5, 0.6) is 0 Å². The highest BCUT2D eigenvalue weighted by atomic mass is 79.9. The van der Waals surface area contributed by atoms with Crippen LogP contribution in [0.15, 0.2) is 26.0 Å². The Labute approximate surface area is 86.9 Å². The van der Waals surface area contributed by atoms with Crippen molar-refractivity contribution in [3.63, 3.8) is 0 Å². The molecule has 62 valence electrons. The normalized spacial score (nSPS) is 9.42. The maximum absolute atomic E-state index is 11.3. The minimum absolute atomic E-state index is 0.115. The number of aromatic nitrogens is 1. The van der Waals surface area contributed by atoms with Crippen LogP contribution in [0.25, 0.3) is 0 Å². The van der Waals surface area contributed by atoms with E-state index >= 15 is 0 Å². The maximum Gasteiger partial charge on any atom is 0.265 e. The highest BCUT2D eigenvalue weighted by Gasteiger charge is 2.00. The van der Waals surface area contributed by atoms with Crippen molar-refractivity contribution in [3.8, 4) is 12.3 Å².